The van der Waals surface area contributed by atoms with Crippen molar-refractivity contribution in [2.24, 2.45) is 0 Å². The van der Waals surface area contributed by atoms with E-state index < -0.39 is 0 Å². The van der Waals surface area contributed by atoms with Crippen molar-refractivity contribution in [1.29, 1.82) is 0 Å². The Morgan fingerprint density at radius 1 is 1.00 bits per heavy atom. The molecule has 0 unspecified atom stereocenters. The summed E-state index contributed by atoms with van der Waals surface area (Å²) in [7, 11) is 0. The quantitative estimate of drug-likeness (QED) is 0.564. The van der Waals surface area contributed by atoms with Crippen molar-refractivity contribution < 1.29 is 0 Å². The highest BCUT2D eigenvalue weighted by Crippen LogP contribution is 2.16. The Kier molecular flexibility index (Phi) is 3.68. The van der Waals surface area contributed by atoms with Crippen LogP contribution in [0.3, 0.4) is 0 Å². The molecule has 0 aliphatic carbocycles. The van der Waals surface area contributed by atoms with Crippen LogP contribution in [0.4, 0.5) is 5.69 Å². The third kappa shape index (κ3) is 2.98. The second-order valence-corrected chi connectivity index (χ2v) is 5.76. The summed E-state index contributed by atoms with van der Waals surface area (Å²) in [6.07, 6.45) is 1.75. The van der Waals surface area contributed by atoms with E-state index in [1.807, 2.05) is 28.9 Å². The number of nitrogens with zero attached hydrogens (tertiary/aromatic N) is 3. The van der Waals surface area contributed by atoms with Gasteiger partial charge in [0.05, 0.1) is 6.54 Å². The van der Waals surface area contributed by atoms with Crippen LogP contribution >= 0.6 is 22.6 Å². The molecule has 1 aromatic heterocycles. The summed E-state index contributed by atoms with van der Waals surface area (Å²) in [5.41, 5.74) is 8.60. The Hall–Kier alpha value is -1.89. The molecule has 3 rings (SSSR count). The predicted octanol–water partition coefficient (Wildman–Crippen LogP) is 3.18. The Morgan fingerprint density at radius 3 is 2.40 bits per heavy atom. The fraction of sp³-hybridized carbons (Fsp3) is 0.0667. The highest BCUT2D eigenvalue weighted by molar-refractivity contribution is 14.1. The molecule has 0 amide bonds. The van der Waals surface area contributed by atoms with Crippen LogP contribution in [-0.2, 0) is 6.54 Å². The molecule has 1 heterocycles. The minimum absolute atomic E-state index is 0.718. The molecule has 0 atom stereocenters. The molecule has 0 aliphatic rings. The number of aromatic nitrogens is 3. The van der Waals surface area contributed by atoms with E-state index in [2.05, 4.69) is 56.9 Å². The molecule has 3 aromatic rings. The Labute approximate surface area is 130 Å². The van der Waals surface area contributed by atoms with Crippen LogP contribution in [-0.4, -0.2) is 14.8 Å². The summed E-state index contributed by atoms with van der Waals surface area (Å²) in [4.78, 5) is 4.34. The van der Waals surface area contributed by atoms with Crippen molar-refractivity contribution in [3.05, 3.63) is 64.0 Å². The van der Waals surface area contributed by atoms with Crippen molar-refractivity contribution in [1.82, 2.24) is 14.8 Å². The standard InChI is InChI=1S/C15H13IN4/c16-13-5-1-11(2-6-13)9-20-10-18-15(19-20)12-3-7-14(17)8-4-12/h1-8,10H,9,17H2. The lowest BCUT2D eigenvalue weighted by molar-refractivity contribution is 0.687. The first-order valence-corrected chi connectivity index (χ1v) is 7.28. The van der Waals surface area contributed by atoms with E-state index in [0.29, 0.717) is 0 Å². The van der Waals surface area contributed by atoms with Crippen molar-refractivity contribution in [3.63, 3.8) is 0 Å². The third-order valence-electron chi connectivity index (χ3n) is 2.96. The molecule has 0 saturated carbocycles. The van der Waals surface area contributed by atoms with Crippen molar-refractivity contribution >= 4 is 28.3 Å². The van der Waals surface area contributed by atoms with Gasteiger partial charge in [-0.3, -0.25) is 0 Å². The number of nitrogen functional groups attached to an aromatic ring is 1. The van der Waals surface area contributed by atoms with Gasteiger partial charge < -0.3 is 5.73 Å². The average Bonchev–Trinajstić information content (AvgIpc) is 2.91. The van der Waals surface area contributed by atoms with E-state index >= 15 is 0 Å². The van der Waals surface area contributed by atoms with Crippen LogP contribution in [0, 0.1) is 3.57 Å². The fourth-order valence-corrected chi connectivity index (χ4v) is 2.27. The number of hydrogen-bond acceptors (Lipinski definition) is 3. The minimum atomic E-state index is 0.718. The van der Waals surface area contributed by atoms with E-state index in [4.69, 9.17) is 5.73 Å². The van der Waals surface area contributed by atoms with E-state index in [-0.39, 0.29) is 0 Å². The Balaban J connectivity index is 1.80. The molecule has 4 nitrogen and oxygen atoms in total. The monoisotopic (exact) mass is 376 g/mol. The molecule has 0 spiro atoms. The van der Waals surface area contributed by atoms with Gasteiger partial charge in [0.2, 0.25) is 0 Å². The largest absolute Gasteiger partial charge is 0.399 e. The number of anilines is 1. The maximum absolute atomic E-state index is 5.68. The fourth-order valence-electron chi connectivity index (χ4n) is 1.91. The summed E-state index contributed by atoms with van der Waals surface area (Å²) < 4.78 is 3.07. The molecule has 2 N–H and O–H groups in total. The third-order valence-corrected chi connectivity index (χ3v) is 3.68. The van der Waals surface area contributed by atoms with Gasteiger partial charge in [-0.15, -0.1) is 0 Å². The second-order valence-electron chi connectivity index (χ2n) is 4.51. The van der Waals surface area contributed by atoms with Crippen molar-refractivity contribution in [2.45, 2.75) is 6.54 Å². The lowest BCUT2D eigenvalue weighted by atomic mass is 10.2. The normalized spacial score (nSPS) is 10.7. The lowest BCUT2D eigenvalue weighted by Crippen LogP contribution is -2.00. The summed E-state index contributed by atoms with van der Waals surface area (Å²) in [6, 6.07) is 16.0. The first kappa shape index (κ1) is 13.1. The molecule has 0 radical (unpaired) electrons. The molecular formula is C15H13IN4. The van der Waals surface area contributed by atoms with Crippen LogP contribution in [0.25, 0.3) is 11.4 Å². The predicted molar refractivity (Wildman–Crippen MR) is 88.1 cm³/mol. The Morgan fingerprint density at radius 2 is 1.70 bits per heavy atom. The van der Waals surface area contributed by atoms with Gasteiger partial charge in [0.25, 0.3) is 0 Å². The number of halogens is 1. The van der Waals surface area contributed by atoms with E-state index in [9.17, 15) is 0 Å². The first-order chi connectivity index (χ1) is 9.70. The zero-order chi connectivity index (χ0) is 13.9. The van der Waals surface area contributed by atoms with Crippen LogP contribution in [0.5, 0.6) is 0 Å². The summed E-state index contributed by atoms with van der Waals surface area (Å²) in [5, 5.41) is 4.49. The van der Waals surface area contributed by atoms with E-state index in [1.165, 1.54) is 9.13 Å². The van der Waals surface area contributed by atoms with Gasteiger partial charge in [0.1, 0.15) is 6.33 Å². The maximum atomic E-state index is 5.68. The SMILES string of the molecule is Nc1ccc(-c2ncn(Cc3ccc(I)cc3)n2)cc1. The van der Waals surface area contributed by atoms with Gasteiger partial charge in [0.15, 0.2) is 5.82 Å². The molecule has 0 aliphatic heterocycles. The van der Waals surface area contributed by atoms with Crippen LogP contribution in [0.2, 0.25) is 0 Å². The highest BCUT2D eigenvalue weighted by Gasteiger charge is 2.04. The molecule has 0 fully saturated rings. The maximum Gasteiger partial charge on any atom is 0.181 e. The minimum Gasteiger partial charge on any atom is -0.399 e. The van der Waals surface area contributed by atoms with Gasteiger partial charge in [-0.1, -0.05) is 12.1 Å². The van der Waals surface area contributed by atoms with E-state index in [0.717, 1.165) is 23.6 Å². The molecule has 2 aromatic carbocycles. The smallest absolute Gasteiger partial charge is 0.181 e. The highest BCUT2D eigenvalue weighted by atomic mass is 127. The lowest BCUT2D eigenvalue weighted by Gasteiger charge is -2.01. The summed E-state index contributed by atoms with van der Waals surface area (Å²) in [5.74, 6) is 0.718. The number of hydrogen-bond donors (Lipinski definition) is 1. The molecule has 0 saturated heterocycles. The van der Waals surface area contributed by atoms with Gasteiger partial charge >= 0.3 is 0 Å². The van der Waals surface area contributed by atoms with E-state index in [1.54, 1.807) is 6.33 Å². The first-order valence-electron chi connectivity index (χ1n) is 6.20. The molecule has 5 heteroatoms. The number of nitrogens with two attached hydrogens (primary N) is 1. The van der Waals surface area contributed by atoms with Crippen LogP contribution < -0.4 is 5.73 Å². The van der Waals surface area contributed by atoms with Gasteiger partial charge in [-0.25, -0.2) is 9.67 Å². The molecule has 100 valence electrons. The second kappa shape index (κ2) is 5.62. The van der Waals surface area contributed by atoms with Crippen LogP contribution in [0.15, 0.2) is 54.9 Å². The van der Waals surface area contributed by atoms with Gasteiger partial charge in [-0.05, 0) is 64.6 Å². The average molecular weight is 376 g/mol. The summed E-state index contributed by atoms with van der Waals surface area (Å²) >= 11 is 2.30. The zero-order valence-electron chi connectivity index (χ0n) is 10.7. The number of rotatable bonds is 3. The zero-order valence-corrected chi connectivity index (χ0v) is 12.9. The Bertz CT molecular complexity index is 701. The van der Waals surface area contributed by atoms with Gasteiger partial charge in [0, 0.05) is 14.8 Å². The molecular weight excluding hydrogens is 363 g/mol. The number of benzene rings is 2. The summed E-state index contributed by atoms with van der Waals surface area (Å²) in [6.45, 7) is 0.721. The van der Waals surface area contributed by atoms with Gasteiger partial charge in [-0.2, -0.15) is 5.10 Å². The van der Waals surface area contributed by atoms with Crippen molar-refractivity contribution in [3.8, 4) is 11.4 Å². The van der Waals surface area contributed by atoms with Crippen LogP contribution in [0.1, 0.15) is 5.56 Å². The molecule has 20 heavy (non-hydrogen) atoms. The van der Waals surface area contributed by atoms with Crippen molar-refractivity contribution in [2.75, 3.05) is 5.73 Å². The molecule has 0 bridgehead atoms. The topological polar surface area (TPSA) is 56.7 Å².